The van der Waals surface area contributed by atoms with Gasteiger partial charge >= 0.3 is 12.2 Å². The normalized spacial score (nSPS) is 16.0. The number of piperazine rings is 1. The van der Waals surface area contributed by atoms with Gasteiger partial charge in [0.25, 0.3) is 0 Å². The summed E-state index contributed by atoms with van der Waals surface area (Å²) >= 11 is 0. The summed E-state index contributed by atoms with van der Waals surface area (Å²) in [5.74, 6) is -0.163. The number of carbonyl (C=O) groups excluding carboxylic acids is 3. The van der Waals surface area contributed by atoms with Crippen molar-refractivity contribution in [1.29, 1.82) is 0 Å². The number of rotatable bonds is 3. The van der Waals surface area contributed by atoms with Crippen molar-refractivity contribution < 1.29 is 23.9 Å². The van der Waals surface area contributed by atoms with Crippen LogP contribution in [0.5, 0.6) is 0 Å². The summed E-state index contributed by atoms with van der Waals surface area (Å²) in [5, 5.41) is 0. The Bertz CT molecular complexity index is 1050. The molecular weight excluding hydrogens is 422 g/mol. The Balaban J connectivity index is 1.35. The van der Waals surface area contributed by atoms with Crippen LogP contribution in [0.15, 0.2) is 48.5 Å². The van der Waals surface area contributed by atoms with E-state index in [-0.39, 0.29) is 25.2 Å². The number of fused-ring (bicyclic) bond motifs is 1. The molecule has 0 spiro atoms. The number of hydrogen-bond acceptors (Lipinski definition) is 5. The lowest BCUT2D eigenvalue weighted by molar-refractivity contribution is -0.121. The first-order chi connectivity index (χ1) is 15.7. The van der Waals surface area contributed by atoms with Gasteiger partial charge < -0.3 is 14.4 Å². The smallest absolute Gasteiger partial charge is 0.410 e. The van der Waals surface area contributed by atoms with E-state index in [0.717, 1.165) is 22.4 Å². The molecule has 0 bridgehead atoms. The molecule has 2 aliphatic rings. The minimum atomic E-state index is -0.606. The summed E-state index contributed by atoms with van der Waals surface area (Å²) < 4.78 is 10.8. The molecule has 3 amide bonds. The highest BCUT2D eigenvalue weighted by Gasteiger charge is 2.32. The molecule has 0 saturated carbocycles. The molecule has 2 aromatic carbocycles. The zero-order valence-electron chi connectivity index (χ0n) is 19.2. The highest BCUT2D eigenvalue weighted by atomic mass is 16.6. The van der Waals surface area contributed by atoms with Gasteiger partial charge in [-0.2, -0.15) is 0 Å². The molecule has 0 aromatic heterocycles. The van der Waals surface area contributed by atoms with Crippen molar-refractivity contribution in [2.45, 2.75) is 46.1 Å². The molecule has 2 aromatic rings. The molecule has 0 N–H and O–H groups in total. The average molecular weight is 452 g/mol. The fourth-order valence-corrected chi connectivity index (χ4v) is 3.92. The molecule has 33 heavy (non-hydrogen) atoms. The van der Waals surface area contributed by atoms with Gasteiger partial charge in [-0.25, -0.2) is 9.59 Å². The Labute approximate surface area is 193 Å². The van der Waals surface area contributed by atoms with Crippen molar-refractivity contribution in [1.82, 2.24) is 9.80 Å². The topological polar surface area (TPSA) is 79.4 Å². The van der Waals surface area contributed by atoms with Crippen LogP contribution in [0.2, 0.25) is 0 Å². The molecule has 0 radical (unpaired) electrons. The second-order valence-corrected chi connectivity index (χ2v) is 9.30. The molecule has 4 rings (SSSR count). The summed E-state index contributed by atoms with van der Waals surface area (Å²) in [4.78, 5) is 42.3. The standard InChI is InChI=1S/C25H29N3O5/c1-25(2,3)33-24(31)26-11-12-28(22(29)16-26)21-10-9-19-14-27(15-20(19)13-21)23(30)32-17-18-7-5-4-6-8-18/h4-10,13H,11-12,14-17H2,1-3H3. The van der Waals surface area contributed by atoms with Crippen LogP contribution in [0.4, 0.5) is 15.3 Å². The van der Waals surface area contributed by atoms with Crippen molar-refractivity contribution in [2.24, 2.45) is 0 Å². The van der Waals surface area contributed by atoms with Crippen LogP contribution < -0.4 is 4.90 Å². The van der Waals surface area contributed by atoms with Gasteiger partial charge in [0.1, 0.15) is 18.8 Å². The van der Waals surface area contributed by atoms with E-state index in [1.165, 1.54) is 4.90 Å². The molecule has 1 saturated heterocycles. The summed E-state index contributed by atoms with van der Waals surface area (Å²) in [6, 6.07) is 15.3. The fraction of sp³-hybridized carbons (Fsp3) is 0.400. The highest BCUT2D eigenvalue weighted by molar-refractivity contribution is 5.97. The van der Waals surface area contributed by atoms with Gasteiger partial charge in [0, 0.05) is 31.9 Å². The quantitative estimate of drug-likeness (QED) is 0.707. The number of benzene rings is 2. The van der Waals surface area contributed by atoms with Gasteiger partial charge in [-0.1, -0.05) is 36.4 Å². The number of nitrogens with zero attached hydrogens (tertiary/aromatic N) is 3. The molecule has 8 nitrogen and oxygen atoms in total. The lowest BCUT2D eigenvalue weighted by Crippen LogP contribution is -2.53. The van der Waals surface area contributed by atoms with E-state index in [1.807, 2.05) is 48.5 Å². The van der Waals surface area contributed by atoms with E-state index in [2.05, 4.69) is 0 Å². The highest BCUT2D eigenvalue weighted by Crippen LogP contribution is 2.29. The Morgan fingerprint density at radius 2 is 1.61 bits per heavy atom. The first-order valence-electron chi connectivity index (χ1n) is 11.1. The van der Waals surface area contributed by atoms with Crippen LogP contribution in [-0.2, 0) is 34.0 Å². The van der Waals surface area contributed by atoms with Gasteiger partial charge in [-0.05, 0) is 49.6 Å². The fourth-order valence-electron chi connectivity index (χ4n) is 3.92. The maximum absolute atomic E-state index is 12.8. The molecule has 174 valence electrons. The van der Waals surface area contributed by atoms with E-state index in [4.69, 9.17) is 9.47 Å². The molecule has 2 heterocycles. The Morgan fingerprint density at radius 3 is 2.30 bits per heavy atom. The van der Waals surface area contributed by atoms with Crippen LogP contribution >= 0.6 is 0 Å². The van der Waals surface area contributed by atoms with Crippen LogP contribution in [0.3, 0.4) is 0 Å². The maximum Gasteiger partial charge on any atom is 0.410 e. The van der Waals surface area contributed by atoms with Crippen molar-refractivity contribution in [3.63, 3.8) is 0 Å². The van der Waals surface area contributed by atoms with Crippen LogP contribution in [0.25, 0.3) is 0 Å². The van der Waals surface area contributed by atoms with Gasteiger partial charge in [-0.15, -0.1) is 0 Å². The van der Waals surface area contributed by atoms with Crippen LogP contribution in [0.1, 0.15) is 37.5 Å². The van der Waals surface area contributed by atoms with Gasteiger partial charge in [0.2, 0.25) is 5.91 Å². The van der Waals surface area contributed by atoms with Gasteiger partial charge in [0.15, 0.2) is 0 Å². The summed E-state index contributed by atoms with van der Waals surface area (Å²) in [6.45, 7) is 7.30. The molecule has 2 aliphatic heterocycles. The first-order valence-corrected chi connectivity index (χ1v) is 11.1. The number of carbonyl (C=O) groups is 3. The predicted octanol–water partition coefficient (Wildman–Crippen LogP) is 3.92. The van der Waals surface area contributed by atoms with E-state index in [0.29, 0.717) is 26.2 Å². The minimum Gasteiger partial charge on any atom is -0.445 e. The zero-order valence-corrected chi connectivity index (χ0v) is 19.2. The Kier molecular flexibility index (Phi) is 6.26. The van der Waals surface area contributed by atoms with Crippen molar-refractivity contribution in [3.8, 4) is 0 Å². The molecule has 0 aliphatic carbocycles. The molecule has 8 heteroatoms. The van der Waals surface area contributed by atoms with E-state index in [9.17, 15) is 14.4 Å². The summed E-state index contributed by atoms with van der Waals surface area (Å²) in [6.07, 6.45) is -0.840. The number of ether oxygens (including phenoxy) is 2. The van der Waals surface area contributed by atoms with Gasteiger partial charge in [0.05, 0.1) is 0 Å². The third-order valence-corrected chi connectivity index (χ3v) is 5.56. The Hall–Kier alpha value is -3.55. The molecule has 0 unspecified atom stereocenters. The van der Waals surface area contributed by atoms with E-state index >= 15 is 0 Å². The third-order valence-electron chi connectivity index (χ3n) is 5.56. The lowest BCUT2D eigenvalue weighted by Gasteiger charge is -2.35. The summed E-state index contributed by atoms with van der Waals surface area (Å²) in [7, 11) is 0. The summed E-state index contributed by atoms with van der Waals surface area (Å²) in [5.41, 5.74) is 3.13. The van der Waals surface area contributed by atoms with Gasteiger partial charge in [-0.3, -0.25) is 14.6 Å². The zero-order chi connectivity index (χ0) is 23.6. The monoisotopic (exact) mass is 451 g/mol. The van der Waals surface area contributed by atoms with Crippen molar-refractivity contribution in [2.75, 3.05) is 24.5 Å². The second kappa shape index (κ2) is 9.13. The average Bonchev–Trinajstić information content (AvgIpc) is 3.20. The number of amides is 3. The van der Waals surface area contributed by atoms with Crippen LogP contribution in [-0.4, -0.2) is 53.1 Å². The first kappa shape index (κ1) is 22.6. The van der Waals surface area contributed by atoms with Crippen molar-refractivity contribution >= 4 is 23.8 Å². The predicted molar refractivity (Wildman–Crippen MR) is 122 cm³/mol. The maximum atomic E-state index is 12.8. The third kappa shape index (κ3) is 5.45. The molecule has 0 atom stereocenters. The lowest BCUT2D eigenvalue weighted by atomic mass is 10.1. The SMILES string of the molecule is CC(C)(C)OC(=O)N1CCN(c2ccc3c(c2)CN(C(=O)OCc2ccccc2)C3)C(=O)C1. The Morgan fingerprint density at radius 1 is 0.879 bits per heavy atom. The molecular formula is C25H29N3O5. The van der Waals surface area contributed by atoms with E-state index < -0.39 is 11.7 Å². The minimum absolute atomic E-state index is 0.0239. The second-order valence-electron chi connectivity index (χ2n) is 9.30. The van der Waals surface area contributed by atoms with E-state index in [1.54, 1.807) is 30.6 Å². The number of anilines is 1. The molecule has 1 fully saturated rings. The largest absolute Gasteiger partial charge is 0.445 e. The van der Waals surface area contributed by atoms with Crippen LogP contribution in [0, 0.1) is 0 Å². The number of hydrogen-bond donors (Lipinski definition) is 0. The van der Waals surface area contributed by atoms with Crippen molar-refractivity contribution in [3.05, 3.63) is 65.2 Å².